The van der Waals surface area contributed by atoms with Crippen LogP contribution in [0.1, 0.15) is 87.2 Å². The first-order valence-electron chi connectivity index (χ1n) is 18.3. The van der Waals surface area contributed by atoms with E-state index in [9.17, 15) is 14.1 Å². The number of anilines is 1. The van der Waals surface area contributed by atoms with E-state index in [1.807, 2.05) is 51.0 Å². The van der Waals surface area contributed by atoms with Gasteiger partial charge in [0.25, 0.3) is 5.91 Å². The Hall–Kier alpha value is -2.17. The van der Waals surface area contributed by atoms with Crippen LogP contribution in [0.4, 0.5) is 5.69 Å². The number of halogens is 1. The van der Waals surface area contributed by atoms with Gasteiger partial charge in [-0.15, -0.1) is 0 Å². The molecule has 1 saturated carbocycles. The number of aliphatic hydroxyl groups is 1. The van der Waals surface area contributed by atoms with E-state index in [-0.39, 0.29) is 29.1 Å². The molecule has 0 saturated heterocycles. The highest BCUT2D eigenvalue weighted by Gasteiger charge is 2.45. The third-order valence-corrected chi connectivity index (χ3v) is 14.3. The second kappa shape index (κ2) is 15.2. The van der Waals surface area contributed by atoms with E-state index in [1.165, 1.54) is 17.5 Å². The zero-order valence-electron chi connectivity index (χ0n) is 30.0. The summed E-state index contributed by atoms with van der Waals surface area (Å²) >= 11 is 6.48. The van der Waals surface area contributed by atoms with Crippen molar-refractivity contribution in [3.05, 3.63) is 58.1 Å². The van der Waals surface area contributed by atoms with Crippen LogP contribution >= 0.6 is 11.6 Å². The van der Waals surface area contributed by atoms with Crippen LogP contribution in [0, 0.1) is 23.7 Å². The van der Waals surface area contributed by atoms with Crippen LogP contribution in [0.15, 0.2) is 36.4 Å². The number of rotatable bonds is 6. The lowest BCUT2D eigenvalue weighted by atomic mass is 9.65. The van der Waals surface area contributed by atoms with E-state index in [1.54, 1.807) is 6.07 Å². The Bertz CT molecular complexity index is 1520. The number of ether oxygens (including phenoxy) is 2. The molecule has 8 nitrogen and oxygen atoms in total. The second-order valence-corrected chi connectivity index (χ2v) is 17.9. The number of amides is 1. The zero-order valence-corrected chi connectivity index (χ0v) is 31.6. The maximum atomic E-state index is 13.5. The van der Waals surface area contributed by atoms with Crippen LogP contribution in [0.25, 0.3) is 0 Å². The fraction of sp³-hybridized carbons (Fsp3) is 0.667. The van der Waals surface area contributed by atoms with Gasteiger partial charge in [0.05, 0.1) is 36.3 Å². The van der Waals surface area contributed by atoms with Gasteiger partial charge in [-0.2, -0.15) is 0 Å². The fourth-order valence-electron chi connectivity index (χ4n) is 8.54. The number of aliphatic hydroxyl groups excluding tert-OH is 1. The molecular weight excluding hydrogens is 658 g/mol. The largest absolute Gasteiger partial charge is 0.490 e. The Labute approximate surface area is 300 Å². The summed E-state index contributed by atoms with van der Waals surface area (Å²) in [6.45, 7) is 9.57. The molecule has 8 atom stereocenters. The molecule has 2 aliphatic heterocycles. The van der Waals surface area contributed by atoms with Crippen molar-refractivity contribution in [1.29, 1.82) is 0 Å². The third-order valence-electron chi connectivity index (χ3n) is 12.6. The van der Waals surface area contributed by atoms with Crippen LogP contribution < -0.4 is 14.4 Å². The van der Waals surface area contributed by atoms with Gasteiger partial charge in [0.2, 0.25) is 0 Å². The number of nitrogens with zero attached hydrogens (tertiary/aromatic N) is 2. The van der Waals surface area contributed by atoms with Crippen molar-refractivity contribution in [2.24, 2.45) is 23.7 Å². The predicted octanol–water partition coefficient (Wildman–Crippen LogP) is 6.39. The predicted molar refractivity (Wildman–Crippen MR) is 198 cm³/mol. The summed E-state index contributed by atoms with van der Waals surface area (Å²) in [5.41, 5.74) is 3.44. The van der Waals surface area contributed by atoms with Crippen LogP contribution in [-0.4, -0.2) is 84.5 Å². The van der Waals surface area contributed by atoms with Crippen molar-refractivity contribution in [2.45, 2.75) is 88.3 Å². The summed E-state index contributed by atoms with van der Waals surface area (Å²) in [6, 6.07) is 12.0. The molecule has 1 spiro atoms. The van der Waals surface area contributed by atoms with Gasteiger partial charge in [0, 0.05) is 35.7 Å². The summed E-state index contributed by atoms with van der Waals surface area (Å²) in [7, 11) is 2.47. The van der Waals surface area contributed by atoms with Crippen molar-refractivity contribution >= 4 is 34.2 Å². The summed E-state index contributed by atoms with van der Waals surface area (Å²) in [4.78, 5) is 18.1. The molecule has 6 unspecified atom stereocenters. The van der Waals surface area contributed by atoms with Gasteiger partial charge in [0.15, 0.2) is 0 Å². The lowest BCUT2D eigenvalue weighted by Crippen LogP contribution is -2.50. The van der Waals surface area contributed by atoms with Gasteiger partial charge < -0.3 is 19.5 Å². The molecule has 1 fully saturated rings. The first kappa shape index (κ1) is 36.6. The molecule has 4 aliphatic rings. The van der Waals surface area contributed by atoms with Gasteiger partial charge in [-0.3, -0.25) is 14.4 Å². The highest BCUT2D eigenvalue weighted by atomic mass is 35.5. The van der Waals surface area contributed by atoms with Crippen LogP contribution in [0.2, 0.25) is 5.02 Å². The Kier molecular flexibility index (Phi) is 11.4. The Morgan fingerprint density at radius 1 is 1.14 bits per heavy atom. The topological polar surface area (TPSA) is 91.3 Å². The summed E-state index contributed by atoms with van der Waals surface area (Å²) in [5.74, 6) is 2.07. The van der Waals surface area contributed by atoms with Crippen LogP contribution in [0.5, 0.6) is 5.75 Å². The molecule has 2 bridgehead atoms. The van der Waals surface area contributed by atoms with Gasteiger partial charge in [0.1, 0.15) is 16.7 Å². The Balaban J connectivity index is 1.34. The highest BCUT2D eigenvalue weighted by molar-refractivity contribution is 7.84. The second-order valence-electron chi connectivity index (χ2n) is 16.0. The van der Waals surface area contributed by atoms with Gasteiger partial charge in [-0.25, -0.2) is 4.21 Å². The molecule has 0 aromatic heterocycles. The summed E-state index contributed by atoms with van der Waals surface area (Å²) in [6.07, 6.45) is 8.43. The number of benzene rings is 2. The molecule has 49 heavy (non-hydrogen) atoms. The van der Waals surface area contributed by atoms with E-state index in [4.69, 9.17) is 21.1 Å². The van der Waals surface area contributed by atoms with Crippen molar-refractivity contribution in [3.8, 4) is 5.75 Å². The van der Waals surface area contributed by atoms with Crippen molar-refractivity contribution in [3.63, 3.8) is 0 Å². The number of aryl methyl sites for hydroxylation is 1. The van der Waals surface area contributed by atoms with Crippen LogP contribution in [0.3, 0.4) is 0 Å². The number of likely N-dealkylation sites (N-methyl/N-ethyl adjacent to an activating group) is 1. The molecule has 2 aromatic carbocycles. The molecule has 10 heteroatoms. The number of carbonyl (C=O) groups is 1. The van der Waals surface area contributed by atoms with Crippen molar-refractivity contribution in [1.82, 2.24) is 9.62 Å². The minimum absolute atomic E-state index is 0.0370. The molecule has 2 aliphatic carbocycles. The zero-order chi connectivity index (χ0) is 34.9. The van der Waals surface area contributed by atoms with E-state index >= 15 is 0 Å². The van der Waals surface area contributed by atoms with Crippen molar-refractivity contribution in [2.75, 3.05) is 58.5 Å². The van der Waals surface area contributed by atoms with Gasteiger partial charge >= 0.3 is 0 Å². The fourth-order valence-corrected chi connectivity index (χ4v) is 9.78. The summed E-state index contributed by atoms with van der Waals surface area (Å²) in [5, 5.41) is 10.7. The lowest BCUT2D eigenvalue weighted by Gasteiger charge is -2.47. The lowest BCUT2D eigenvalue weighted by molar-refractivity contribution is -0.0387. The number of carbonyl (C=O) groups excluding carboxylic acids is 1. The minimum atomic E-state index is -1.51. The summed E-state index contributed by atoms with van der Waals surface area (Å²) < 4.78 is 29.4. The van der Waals surface area contributed by atoms with E-state index in [2.05, 4.69) is 28.7 Å². The minimum Gasteiger partial charge on any atom is -0.490 e. The number of nitrogens with one attached hydrogen (secondary N) is 1. The molecule has 1 amide bonds. The molecule has 2 N–H and O–H groups in total. The standard InChI is InChI=1S/C39H56ClN3O5S/c1-26-8-6-9-31(21-47-24-38(3,23-44)42(4)5)33-14-11-30(33)20-43-22-39(17-7-10-28-18-32(40)13-15-34(28)39)25-48-36-16-12-29(19-35(36)43)37(45)41-49(46)27(26)2/h12-13,15-16,18-19,26-27,30-31,33,44H,6-11,14,17,20-25H2,1-5H3,(H,41,45)/t26?,27?,30?,31?,33?,38-,39-,49?/m0/s1. The van der Waals surface area contributed by atoms with E-state index in [0.29, 0.717) is 43.1 Å². The molecule has 2 aromatic rings. The first-order chi connectivity index (χ1) is 23.4. The number of hydrogen-bond acceptors (Lipinski definition) is 7. The maximum absolute atomic E-state index is 13.5. The SMILES string of the molecule is CC1CCCC(COC[C@](C)(CO)N(C)C)C2CCC2CN2C[C@@]3(CCCc4cc(Cl)ccc43)COc3ccc(cc32)C(=O)NS(=O)C1C. The number of fused-ring (bicyclic) bond motifs is 4. The average Bonchev–Trinajstić information content (AvgIpc) is 3.22. The smallest absolute Gasteiger partial charge is 0.263 e. The first-order valence-corrected chi connectivity index (χ1v) is 19.9. The highest BCUT2D eigenvalue weighted by Crippen LogP contribution is 2.48. The quantitative estimate of drug-likeness (QED) is 0.359. The van der Waals surface area contributed by atoms with Crippen molar-refractivity contribution < 1.29 is 23.6 Å². The Morgan fingerprint density at radius 3 is 2.69 bits per heavy atom. The van der Waals surface area contributed by atoms with Gasteiger partial charge in [-0.1, -0.05) is 31.0 Å². The molecule has 6 rings (SSSR count). The molecular formula is C39H56ClN3O5S. The number of hydrogen-bond donors (Lipinski definition) is 2. The molecule has 2 heterocycles. The van der Waals surface area contributed by atoms with Gasteiger partial charge in [-0.05, 0) is 138 Å². The monoisotopic (exact) mass is 713 g/mol. The average molecular weight is 714 g/mol. The van der Waals surface area contributed by atoms with E-state index < -0.39 is 16.5 Å². The normalized spacial score (nSPS) is 31.8. The molecule has 270 valence electrons. The van der Waals surface area contributed by atoms with Crippen LogP contribution in [-0.2, 0) is 27.6 Å². The molecule has 0 radical (unpaired) electrons. The van der Waals surface area contributed by atoms with E-state index in [0.717, 1.165) is 74.5 Å². The Morgan fingerprint density at radius 2 is 1.96 bits per heavy atom. The third kappa shape index (κ3) is 7.71. The maximum Gasteiger partial charge on any atom is 0.263 e.